The summed E-state index contributed by atoms with van der Waals surface area (Å²) >= 11 is 0. The van der Waals surface area contributed by atoms with Crippen molar-refractivity contribution >= 4 is 22.8 Å². The zero-order valence-corrected chi connectivity index (χ0v) is 16.9. The molecule has 2 atom stereocenters. The van der Waals surface area contributed by atoms with Crippen LogP contribution in [0, 0.1) is 6.92 Å². The van der Waals surface area contributed by atoms with E-state index in [1.807, 2.05) is 13.0 Å². The van der Waals surface area contributed by atoms with E-state index in [0.717, 1.165) is 11.6 Å². The summed E-state index contributed by atoms with van der Waals surface area (Å²) in [5, 5.41) is 2.90. The van der Waals surface area contributed by atoms with Gasteiger partial charge in [0.1, 0.15) is 17.6 Å². The summed E-state index contributed by atoms with van der Waals surface area (Å²) in [4.78, 5) is 23.6. The predicted octanol–water partition coefficient (Wildman–Crippen LogP) is 3.93. The fourth-order valence-corrected chi connectivity index (χ4v) is 3.79. The summed E-state index contributed by atoms with van der Waals surface area (Å²) in [6.45, 7) is 2.28. The maximum absolute atomic E-state index is 13.5. The smallest absolute Gasteiger partial charge is 0.415 e. The van der Waals surface area contributed by atoms with Gasteiger partial charge in [0.05, 0.1) is 24.6 Å². The lowest BCUT2D eigenvalue weighted by molar-refractivity contribution is -0.167. The second-order valence-corrected chi connectivity index (χ2v) is 7.34. The lowest BCUT2D eigenvalue weighted by Crippen LogP contribution is -2.48. The third-order valence-electron chi connectivity index (χ3n) is 5.34. The Morgan fingerprint density at radius 2 is 2.13 bits per heavy atom. The molecule has 0 radical (unpaired) electrons. The van der Waals surface area contributed by atoms with Crippen LogP contribution in [0.2, 0.25) is 0 Å². The number of furan rings is 1. The van der Waals surface area contributed by atoms with Crippen LogP contribution in [0.25, 0.3) is 10.9 Å². The number of fused-ring (bicyclic) bond motifs is 1. The largest absolute Gasteiger partial charge is 0.497 e. The summed E-state index contributed by atoms with van der Waals surface area (Å²) in [6.07, 6.45) is -2.51. The van der Waals surface area contributed by atoms with E-state index in [4.69, 9.17) is 9.15 Å². The minimum atomic E-state index is -4.69. The molecule has 31 heavy (non-hydrogen) atoms. The summed E-state index contributed by atoms with van der Waals surface area (Å²) in [7, 11) is 1.57. The molecule has 0 aliphatic carbocycles. The first kappa shape index (κ1) is 21.0. The molecule has 2 aromatic heterocycles. The van der Waals surface area contributed by atoms with Crippen molar-refractivity contribution in [3.8, 4) is 5.75 Å². The molecule has 10 heteroatoms. The van der Waals surface area contributed by atoms with Crippen LogP contribution < -0.4 is 15.0 Å². The van der Waals surface area contributed by atoms with E-state index >= 15 is 0 Å². The number of ether oxygens (including phenoxy) is 1. The number of hydrogen-bond donors (Lipinski definition) is 1. The van der Waals surface area contributed by atoms with Crippen LogP contribution in [0.15, 0.2) is 41.0 Å². The van der Waals surface area contributed by atoms with Crippen molar-refractivity contribution in [1.29, 1.82) is 0 Å². The van der Waals surface area contributed by atoms with Gasteiger partial charge in [0.15, 0.2) is 6.04 Å². The number of anilines is 1. The quantitative estimate of drug-likeness (QED) is 0.656. The Balaban J connectivity index is 1.61. The van der Waals surface area contributed by atoms with Crippen LogP contribution in [0.3, 0.4) is 0 Å². The molecule has 0 bridgehead atoms. The molecular formula is C21H21F3N4O3. The number of benzene rings is 1. The van der Waals surface area contributed by atoms with Gasteiger partial charge in [-0.15, -0.1) is 0 Å². The summed E-state index contributed by atoms with van der Waals surface area (Å²) in [5.41, 5.74) is 1.35. The normalized spacial score (nSPS) is 17.7. The number of methoxy groups -OCH3 is 1. The molecule has 0 spiro atoms. The fourth-order valence-electron chi connectivity index (χ4n) is 3.79. The van der Waals surface area contributed by atoms with Gasteiger partial charge in [-0.2, -0.15) is 13.2 Å². The van der Waals surface area contributed by atoms with E-state index in [2.05, 4.69) is 15.3 Å². The van der Waals surface area contributed by atoms with Crippen LogP contribution in [-0.2, 0) is 4.79 Å². The van der Waals surface area contributed by atoms with Crippen molar-refractivity contribution < 1.29 is 27.1 Å². The third kappa shape index (κ3) is 4.14. The SMILES string of the molecule is COc1ccc2nc(N3CCC[C@H]3C(=O)N[C@@H](c3ccco3)C(F)(F)F)nc(C)c2c1. The van der Waals surface area contributed by atoms with Crippen molar-refractivity contribution in [2.45, 2.75) is 38.0 Å². The molecule has 1 amide bonds. The number of amides is 1. The van der Waals surface area contributed by atoms with Crippen molar-refractivity contribution in [2.24, 2.45) is 0 Å². The number of rotatable bonds is 5. The number of aryl methyl sites for hydroxylation is 1. The molecule has 1 aromatic carbocycles. The molecule has 3 aromatic rings. The molecule has 4 rings (SSSR count). The van der Waals surface area contributed by atoms with Gasteiger partial charge in [0.25, 0.3) is 0 Å². The third-order valence-corrected chi connectivity index (χ3v) is 5.34. The maximum Gasteiger partial charge on any atom is 0.415 e. The first-order valence-corrected chi connectivity index (χ1v) is 9.77. The number of alkyl halides is 3. The standard InChI is InChI=1S/C21H21F3N4O3/c1-12-14-11-13(30-2)7-8-15(14)26-20(25-12)28-9-3-5-16(28)19(29)27-18(21(22,23)24)17-6-4-10-31-17/h4,6-8,10-11,16,18H,3,5,9H2,1-2H3,(H,27,29)/t16-,18-/m0/s1. The monoisotopic (exact) mass is 434 g/mol. The molecule has 7 nitrogen and oxygen atoms in total. The van der Waals surface area contributed by atoms with Crippen LogP contribution in [-0.4, -0.2) is 41.7 Å². The summed E-state index contributed by atoms with van der Waals surface area (Å²) in [5.74, 6) is -0.125. The molecule has 1 fully saturated rings. The van der Waals surface area contributed by atoms with E-state index in [9.17, 15) is 18.0 Å². The van der Waals surface area contributed by atoms with Gasteiger partial charge in [-0.1, -0.05) is 0 Å². The Bertz CT molecular complexity index is 1090. The van der Waals surface area contributed by atoms with Crippen LogP contribution >= 0.6 is 0 Å². The number of carbonyl (C=O) groups excluding carboxylic acids is 1. The minimum absolute atomic E-state index is 0.314. The Kier molecular flexibility index (Phi) is 5.47. The summed E-state index contributed by atoms with van der Waals surface area (Å²) < 4.78 is 50.7. The highest BCUT2D eigenvalue weighted by atomic mass is 19.4. The van der Waals surface area contributed by atoms with E-state index in [-0.39, 0.29) is 5.76 Å². The second-order valence-electron chi connectivity index (χ2n) is 7.34. The number of nitrogens with one attached hydrogen (secondary N) is 1. The number of nitrogens with zero attached hydrogens (tertiary/aromatic N) is 3. The Labute approximate surface area is 176 Å². The van der Waals surface area contributed by atoms with E-state index in [1.165, 1.54) is 12.1 Å². The average Bonchev–Trinajstić information content (AvgIpc) is 3.42. The Hall–Kier alpha value is -3.30. The lowest BCUT2D eigenvalue weighted by atomic mass is 10.1. The first-order chi connectivity index (χ1) is 14.8. The Morgan fingerprint density at radius 1 is 1.32 bits per heavy atom. The zero-order valence-electron chi connectivity index (χ0n) is 16.9. The van der Waals surface area contributed by atoms with E-state index < -0.39 is 24.2 Å². The number of halogens is 3. The molecule has 0 saturated carbocycles. The highest BCUT2D eigenvalue weighted by Gasteiger charge is 2.45. The van der Waals surface area contributed by atoms with Gasteiger partial charge in [0, 0.05) is 11.9 Å². The zero-order chi connectivity index (χ0) is 22.2. The number of carbonyl (C=O) groups is 1. The van der Waals surface area contributed by atoms with Gasteiger partial charge in [-0.05, 0) is 50.1 Å². The highest BCUT2D eigenvalue weighted by Crippen LogP contribution is 2.34. The Morgan fingerprint density at radius 3 is 2.81 bits per heavy atom. The van der Waals surface area contributed by atoms with Crippen LogP contribution in [0.1, 0.15) is 30.3 Å². The number of aromatic nitrogens is 2. The molecule has 0 unspecified atom stereocenters. The lowest BCUT2D eigenvalue weighted by Gasteiger charge is -2.27. The highest BCUT2D eigenvalue weighted by molar-refractivity contribution is 5.87. The molecule has 1 aliphatic rings. The van der Waals surface area contributed by atoms with Crippen LogP contribution in [0.4, 0.5) is 19.1 Å². The second kappa shape index (κ2) is 8.09. The molecular weight excluding hydrogens is 413 g/mol. The number of hydrogen-bond acceptors (Lipinski definition) is 6. The maximum atomic E-state index is 13.5. The van der Waals surface area contributed by atoms with E-state index in [1.54, 1.807) is 24.1 Å². The van der Waals surface area contributed by atoms with Gasteiger partial charge in [-0.3, -0.25) is 4.79 Å². The van der Waals surface area contributed by atoms with Crippen molar-refractivity contribution in [2.75, 3.05) is 18.6 Å². The van der Waals surface area contributed by atoms with Crippen LogP contribution in [0.5, 0.6) is 5.75 Å². The molecule has 1 saturated heterocycles. The predicted molar refractivity (Wildman–Crippen MR) is 107 cm³/mol. The molecule has 1 N–H and O–H groups in total. The first-order valence-electron chi connectivity index (χ1n) is 9.77. The topological polar surface area (TPSA) is 80.5 Å². The van der Waals surface area contributed by atoms with Crippen molar-refractivity contribution in [3.63, 3.8) is 0 Å². The van der Waals surface area contributed by atoms with Crippen molar-refractivity contribution in [1.82, 2.24) is 15.3 Å². The average molecular weight is 434 g/mol. The van der Waals surface area contributed by atoms with Gasteiger partial charge >= 0.3 is 6.18 Å². The molecule has 3 heterocycles. The fraction of sp³-hybridized carbons (Fsp3) is 0.381. The minimum Gasteiger partial charge on any atom is -0.497 e. The molecule has 1 aliphatic heterocycles. The van der Waals surface area contributed by atoms with E-state index in [0.29, 0.717) is 42.3 Å². The summed E-state index contributed by atoms with van der Waals surface area (Å²) in [6, 6.07) is 4.88. The van der Waals surface area contributed by atoms with Gasteiger partial charge in [0.2, 0.25) is 11.9 Å². The van der Waals surface area contributed by atoms with Gasteiger partial charge in [-0.25, -0.2) is 9.97 Å². The molecule has 164 valence electrons. The van der Waals surface area contributed by atoms with Crippen molar-refractivity contribution in [3.05, 3.63) is 48.0 Å². The van der Waals surface area contributed by atoms with Gasteiger partial charge < -0.3 is 19.4 Å².